The molecule has 0 aliphatic rings. The lowest BCUT2D eigenvalue weighted by Crippen LogP contribution is -2.17. The molecule has 0 saturated carbocycles. The summed E-state index contributed by atoms with van der Waals surface area (Å²) in [5.41, 5.74) is -0.262. The molecule has 0 spiro atoms. The first-order chi connectivity index (χ1) is 5.21. The van der Waals surface area contributed by atoms with Crippen LogP contribution in [0.5, 0.6) is 0 Å². The van der Waals surface area contributed by atoms with E-state index in [1.807, 2.05) is 13.8 Å². The maximum absolute atomic E-state index is 9.41. The highest BCUT2D eigenvalue weighted by Gasteiger charge is 2.10. The van der Waals surface area contributed by atoms with Gasteiger partial charge in [0.2, 0.25) is 0 Å². The Hall–Kier alpha value is -0.300. The lowest BCUT2D eigenvalue weighted by molar-refractivity contribution is 0.0721. The van der Waals surface area contributed by atoms with E-state index >= 15 is 0 Å². The highest BCUT2D eigenvalue weighted by Crippen LogP contribution is 2.17. The summed E-state index contributed by atoms with van der Waals surface area (Å²) < 4.78 is 0. The van der Waals surface area contributed by atoms with Crippen molar-refractivity contribution >= 4 is 0 Å². The molecule has 0 bridgehead atoms. The van der Waals surface area contributed by atoms with Crippen LogP contribution in [0.25, 0.3) is 0 Å². The number of aliphatic hydroxyl groups is 1. The first kappa shape index (κ1) is 11.7. The van der Waals surface area contributed by atoms with Gasteiger partial charge in [0.1, 0.15) is 0 Å². The minimum absolute atomic E-state index is 0.263. The van der Waals surface area contributed by atoms with Crippen molar-refractivity contribution in [3.8, 4) is 0 Å². The standard InChI is InChI=1S/C11H22O/c1-10(2,3)8-6-7-9-11(4,5)12/h6,8,12H,7,9H2,1-5H3. The maximum Gasteiger partial charge on any atom is 0.0594 e. The molecule has 0 aromatic heterocycles. The van der Waals surface area contributed by atoms with Crippen molar-refractivity contribution in [1.29, 1.82) is 0 Å². The molecule has 1 N–H and O–H groups in total. The van der Waals surface area contributed by atoms with Crippen LogP contribution in [0.4, 0.5) is 0 Å². The summed E-state index contributed by atoms with van der Waals surface area (Å²) in [6.07, 6.45) is 6.14. The number of hydrogen-bond acceptors (Lipinski definition) is 1. The molecule has 0 aliphatic carbocycles. The summed E-state index contributed by atoms with van der Waals surface area (Å²) in [5.74, 6) is 0. The average molecular weight is 170 g/mol. The lowest BCUT2D eigenvalue weighted by Gasteiger charge is -2.16. The molecule has 1 heteroatoms. The topological polar surface area (TPSA) is 20.2 Å². The van der Waals surface area contributed by atoms with Crippen molar-refractivity contribution in [3.63, 3.8) is 0 Å². The Balaban J connectivity index is 3.64. The fourth-order valence-electron chi connectivity index (χ4n) is 0.873. The Kier molecular flexibility index (Phi) is 3.98. The molecule has 0 fully saturated rings. The molecule has 0 rings (SSSR count). The van der Waals surface area contributed by atoms with Crippen LogP contribution in [0.15, 0.2) is 12.2 Å². The van der Waals surface area contributed by atoms with Crippen LogP contribution in [-0.4, -0.2) is 10.7 Å². The molecule has 1 nitrogen and oxygen atoms in total. The first-order valence-corrected chi connectivity index (χ1v) is 4.61. The van der Waals surface area contributed by atoms with E-state index in [1.54, 1.807) is 0 Å². The van der Waals surface area contributed by atoms with E-state index in [-0.39, 0.29) is 5.41 Å². The summed E-state index contributed by atoms with van der Waals surface area (Å²) in [4.78, 5) is 0. The summed E-state index contributed by atoms with van der Waals surface area (Å²) in [6.45, 7) is 10.2. The summed E-state index contributed by atoms with van der Waals surface area (Å²) in [7, 11) is 0. The summed E-state index contributed by atoms with van der Waals surface area (Å²) in [5, 5.41) is 9.41. The van der Waals surface area contributed by atoms with Crippen LogP contribution >= 0.6 is 0 Å². The second-order valence-electron chi connectivity index (χ2n) is 5.12. The Bertz CT molecular complexity index is 143. The van der Waals surface area contributed by atoms with Gasteiger partial charge in [0.05, 0.1) is 5.60 Å². The van der Waals surface area contributed by atoms with Gasteiger partial charge in [-0.3, -0.25) is 0 Å². The van der Waals surface area contributed by atoms with Gasteiger partial charge >= 0.3 is 0 Å². The van der Waals surface area contributed by atoms with Crippen molar-refractivity contribution in [2.45, 2.75) is 53.1 Å². The second kappa shape index (κ2) is 4.08. The molecular formula is C11H22O. The number of rotatable bonds is 3. The van der Waals surface area contributed by atoms with Crippen LogP contribution in [0.1, 0.15) is 47.5 Å². The molecule has 0 aliphatic heterocycles. The third kappa shape index (κ3) is 9.70. The molecular weight excluding hydrogens is 148 g/mol. The molecule has 0 aromatic carbocycles. The van der Waals surface area contributed by atoms with Gasteiger partial charge in [0, 0.05) is 0 Å². The van der Waals surface area contributed by atoms with E-state index in [0.29, 0.717) is 0 Å². The predicted octanol–water partition coefficient (Wildman–Crippen LogP) is 3.14. The minimum atomic E-state index is -0.526. The highest BCUT2D eigenvalue weighted by molar-refractivity contribution is 4.92. The molecule has 0 heterocycles. The van der Waals surface area contributed by atoms with E-state index in [1.165, 1.54) is 0 Å². The quantitative estimate of drug-likeness (QED) is 0.645. The SMILES string of the molecule is CC(C)(C)C=CCCC(C)(C)O. The van der Waals surface area contributed by atoms with Gasteiger partial charge in [-0.2, -0.15) is 0 Å². The van der Waals surface area contributed by atoms with E-state index in [9.17, 15) is 5.11 Å². The van der Waals surface area contributed by atoms with Gasteiger partial charge in [-0.25, -0.2) is 0 Å². The molecule has 0 saturated heterocycles. The monoisotopic (exact) mass is 170 g/mol. The van der Waals surface area contributed by atoms with Crippen molar-refractivity contribution in [1.82, 2.24) is 0 Å². The van der Waals surface area contributed by atoms with E-state index in [0.717, 1.165) is 12.8 Å². The molecule has 0 amide bonds. The predicted molar refractivity (Wildman–Crippen MR) is 54.1 cm³/mol. The van der Waals surface area contributed by atoms with Crippen LogP contribution < -0.4 is 0 Å². The molecule has 0 aromatic rings. The van der Waals surface area contributed by atoms with Crippen LogP contribution in [0, 0.1) is 5.41 Å². The molecule has 0 unspecified atom stereocenters. The van der Waals surface area contributed by atoms with Crippen molar-refractivity contribution in [3.05, 3.63) is 12.2 Å². The Morgan fingerprint density at radius 1 is 1.08 bits per heavy atom. The van der Waals surface area contributed by atoms with Crippen LogP contribution in [0.2, 0.25) is 0 Å². The molecule has 72 valence electrons. The van der Waals surface area contributed by atoms with E-state index < -0.39 is 5.60 Å². The number of allylic oxidation sites excluding steroid dienone is 2. The Labute approximate surface area is 76.5 Å². The molecule has 12 heavy (non-hydrogen) atoms. The fraction of sp³-hybridized carbons (Fsp3) is 0.818. The first-order valence-electron chi connectivity index (χ1n) is 4.61. The van der Waals surface area contributed by atoms with Gasteiger partial charge < -0.3 is 5.11 Å². The zero-order chi connectivity index (χ0) is 9.83. The van der Waals surface area contributed by atoms with E-state index in [2.05, 4.69) is 32.9 Å². The largest absolute Gasteiger partial charge is 0.390 e. The van der Waals surface area contributed by atoms with Crippen molar-refractivity contribution in [2.24, 2.45) is 5.41 Å². The van der Waals surface area contributed by atoms with E-state index in [4.69, 9.17) is 0 Å². The highest BCUT2D eigenvalue weighted by atomic mass is 16.3. The van der Waals surface area contributed by atoms with Crippen molar-refractivity contribution < 1.29 is 5.11 Å². The minimum Gasteiger partial charge on any atom is -0.390 e. The van der Waals surface area contributed by atoms with Gasteiger partial charge in [-0.15, -0.1) is 0 Å². The third-order valence-corrected chi connectivity index (χ3v) is 1.54. The zero-order valence-electron chi connectivity index (χ0n) is 9.02. The van der Waals surface area contributed by atoms with Crippen LogP contribution in [0.3, 0.4) is 0 Å². The van der Waals surface area contributed by atoms with Gasteiger partial charge in [-0.1, -0.05) is 32.9 Å². The van der Waals surface area contributed by atoms with Crippen molar-refractivity contribution in [2.75, 3.05) is 0 Å². The van der Waals surface area contributed by atoms with Gasteiger partial charge in [0.25, 0.3) is 0 Å². The lowest BCUT2D eigenvalue weighted by atomic mass is 9.95. The summed E-state index contributed by atoms with van der Waals surface area (Å²) >= 11 is 0. The molecule has 0 atom stereocenters. The smallest absolute Gasteiger partial charge is 0.0594 e. The maximum atomic E-state index is 9.41. The zero-order valence-corrected chi connectivity index (χ0v) is 9.02. The third-order valence-electron chi connectivity index (χ3n) is 1.54. The summed E-state index contributed by atoms with van der Waals surface area (Å²) in [6, 6.07) is 0. The second-order valence-corrected chi connectivity index (χ2v) is 5.12. The fourth-order valence-corrected chi connectivity index (χ4v) is 0.873. The van der Waals surface area contributed by atoms with Gasteiger partial charge in [0.15, 0.2) is 0 Å². The van der Waals surface area contributed by atoms with Gasteiger partial charge in [-0.05, 0) is 32.1 Å². The Morgan fingerprint density at radius 2 is 1.58 bits per heavy atom. The Morgan fingerprint density at radius 3 is 1.92 bits per heavy atom. The molecule has 0 radical (unpaired) electrons. The van der Waals surface area contributed by atoms with Crippen LogP contribution in [-0.2, 0) is 0 Å². The number of hydrogen-bond donors (Lipinski definition) is 1. The average Bonchev–Trinajstić information content (AvgIpc) is 1.76. The normalized spacial score (nSPS) is 14.2.